The Hall–Kier alpha value is -4.70. The minimum Gasteiger partial charge on any atom is -0.492 e. The van der Waals surface area contributed by atoms with Crippen LogP contribution in [0, 0.1) is 12.8 Å². The molecule has 0 spiro atoms. The number of nitrogens with zero attached hydrogens (tertiary/aromatic N) is 1. The van der Waals surface area contributed by atoms with Crippen molar-refractivity contribution in [3.63, 3.8) is 0 Å². The van der Waals surface area contributed by atoms with Crippen LogP contribution in [-0.2, 0) is 36.9 Å². The molecule has 0 aliphatic carbocycles. The normalized spacial score (nSPS) is 18.3. The van der Waals surface area contributed by atoms with Crippen molar-refractivity contribution >= 4 is 23.8 Å². The minimum atomic E-state index is -1.06. The van der Waals surface area contributed by atoms with Crippen LogP contribution in [-0.4, -0.2) is 69.1 Å². The van der Waals surface area contributed by atoms with Crippen LogP contribution in [0.4, 0.5) is 4.79 Å². The summed E-state index contributed by atoms with van der Waals surface area (Å²) in [4.78, 5) is 54.6. The number of methoxy groups -OCH3 is 1. The Morgan fingerprint density at radius 2 is 1.76 bits per heavy atom. The number of ketones is 1. The SMILES string of the molecule is CNCCOc1ccc2cc1-c1cc(ccc1C)C[C@@H](C(=O)OC)NC(=O)[C@H](C)CC(=O)[C@H]2N(C)C(=O)OCc1ccccc1. The monoisotopic (exact) mass is 615 g/mol. The first-order valence-electron chi connectivity index (χ1n) is 15.0. The highest BCUT2D eigenvalue weighted by Gasteiger charge is 2.34. The average molecular weight is 616 g/mol. The predicted octanol–water partition coefficient (Wildman–Crippen LogP) is 4.38. The molecule has 0 saturated heterocycles. The summed E-state index contributed by atoms with van der Waals surface area (Å²) in [7, 11) is 4.62. The van der Waals surface area contributed by atoms with Gasteiger partial charge < -0.3 is 24.8 Å². The van der Waals surface area contributed by atoms with E-state index in [0.29, 0.717) is 24.5 Å². The van der Waals surface area contributed by atoms with E-state index in [4.69, 9.17) is 14.2 Å². The van der Waals surface area contributed by atoms with Gasteiger partial charge in [-0.15, -0.1) is 0 Å². The molecule has 3 aromatic carbocycles. The van der Waals surface area contributed by atoms with Gasteiger partial charge in [-0.2, -0.15) is 0 Å². The molecule has 1 aliphatic heterocycles. The molecular formula is C35H41N3O7. The van der Waals surface area contributed by atoms with Crippen LogP contribution < -0.4 is 15.4 Å². The highest BCUT2D eigenvalue weighted by Crippen LogP contribution is 2.37. The van der Waals surface area contributed by atoms with Crippen molar-refractivity contribution in [2.24, 2.45) is 5.92 Å². The average Bonchev–Trinajstić information content (AvgIpc) is 3.04. The lowest BCUT2D eigenvalue weighted by molar-refractivity contribution is -0.145. The molecule has 3 aromatic rings. The molecule has 0 fully saturated rings. The van der Waals surface area contributed by atoms with Crippen molar-refractivity contribution in [1.29, 1.82) is 0 Å². The van der Waals surface area contributed by atoms with Gasteiger partial charge in [0, 0.05) is 37.9 Å². The highest BCUT2D eigenvalue weighted by molar-refractivity contribution is 5.94. The molecule has 45 heavy (non-hydrogen) atoms. The van der Waals surface area contributed by atoms with Crippen LogP contribution in [0.15, 0.2) is 66.7 Å². The molecule has 3 atom stereocenters. The molecule has 238 valence electrons. The van der Waals surface area contributed by atoms with Crippen LogP contribution in [0.5, 0.6) is 5.75 Å². The predicted molar refractivity (Wildman–Crippen MR) is 170 cm³/mol. The van der Waals surface area contributed by atoms with E-state index >= 15 is 0 Å². The number of carbonyl (C=O) groups is 4. The van der Waals surface area contributed by atoms with E-state index in [9.17, 15) is 19.2 Å². The molecule has 4 bridgehead atoms. The first-order valence-corrected chi connectivity index (χ1v) is 15.0. The summed E-state index contributed by atoms with van der Waals surface area (Å²) in [6.07, 6.45) is -0.670. The van der Waals surface area contributed by atoms with Gasteiger partial charge in [0.05, 0.1) is 7.11 Å². The fourth-order valence-corrected chi connectivity index (χ4v) is 5.35. The van der Waals surface area contributed by atoms with E-state index in [-0.39, 0.29) is 25.2 Å². The van der Waals surface area contributed by atoms with Crippen molar-refractivity contribution < 1.29 is 33.4 Å². The zero-order chi connectivity index (χ0) is 32.5. The second-order valence-electron chi connectivity index (χ2n) is 11.3. The number of hydrogen-bond donors (Lipinski definition) is 2. The van der Waals surface area contributed by atoms with Crippen LogP contribution >= 0.6 is 0 Å². The van der Waals surface area contributed by atoms with Crippen LogP contribution in [0.1, 0.15) is 41.6 Å². The number of hydrogen-bond acceptors (Lipinski definition) is 8. The van der Waals surface area contributed by atoms with E-state index in [0.717, 1.165) is 27.8 Å². The van der Waals surface area contributed by atoms with E-state index in [1.807, 2.05) is 68.6 Å². The Morgan fingerprint density at radius 1 is 1.00 bits per heavy atom. The molecule has 10 nitrogen and oxygen atoms in total. The van der Waals surface area contributed by atoms with Gasteiger partial charge in [0.15, 0.2) is 5.78 Å². The second-order valence-corrected chi connectivity index (χ2v) is 11.3. The number of aryl methyl sites for hydroxylation is 1. The maximum Gasteiger partial charge on any atom is 0.410 e. The summed E-state index contributed by atoms with van der Waals surface area (Å²) in [5.74, 6) is -1.60. The molecule has 4 rings (SSSR count). The third-order valence-electron chi connectivity index (χ3n) is 7.90. The first kappa shape index (κ1) is 33.2. The number of amides is 2. The van der Waals surface area contributed by atoms with E-state index < -0.39 is 36.0 Å². The minimum absolute atomic E-state index is 0.0358. The maximum atomic E-state index is 14.0. The number of Topliss-reactive ketones (excluding diaryl/α,β-unsaturated/α-hetero) is 1. The van der Waals surface area contributed by atoms with E-state index in [2.05, 4.69) is 10.6 Å². The molecule has 0 aromatic heterocycles. The van der Waals surface area contributed by atoms with Crippen molar-refractivity contribution in [3.8, 4) is 16.9 Å². The summed E-state index contributed by atoms with van der Waals surface area (Å²) in [6.45, 7) is 4.64. The number of carbonyl (C=O) groups excluding carboxylic acids is 4. The quantitative estimate of drug-likeness (QED) is 0.283. The van der Waals surface area contributed by atoms with Crippen molar-refractivity contribution in [3.05, 3.63) is 89.0 Å². The van der Waals surface area contributed by atoms with Crippen molar-refractivity contribution in [2.75, 3.05) is 34.4 Å². The molecular weight excluding hydrogens is 574 g/mol. The molecule has 0 radical (unpaired) electrons. The Labute approximate surface area is 264 Å². The number of rotatable bonds is 8. The smallest absolute Gasteiger partial charge is 0.410 e. The van der Waals surface area contributed by atoms with Crippen molar-refractivity contribution in [2.45, 2.75) is 45.4 Å². The van der Waals surface area contributed by atoms with Gasteiger partial charge in [-0.25, -0.2) is 9.59 Å². The van der Waals surface area contributed by atoms with Gasteiger partial charge in [-0.3, -0.25) is 14.5 Å². The zero-order valence-corrected chi connectivity index (χ0v) is 26.4. The fraction of sp³-hybridized carbons (Fsp3) is 0.371. The first-order chi connectivity index (χ1) is 21.6. The number of ether oxygens (including phenoxy) is 3. The number of benzene rings is 3. The van der Waals surface area contributed by atoms with Gasteiger partial charge in [0.25, 0.3) is 0 Å². The number of esters is 1. The van der Waals surface area contributed by atoms with E-state index in [1.54, 1.807) is 19.1 Å². The Morgan fingerprint density at radius 3 is 2.47 bits per heavy atom. The Kier molecular flexibility index (Phi) is 11.3. The molecule has 0 saturated carbocycles. The van der Waals surface area contributed by atoms with Crippen molar-refractivity contribution in [1.82, 2.24) is 15.5 Å². The lowest BCUT2D eigenvalue weighted by atomic mass is 9.89. The molecule has 2 N–H and O–H groups in total. The van der Waals surface area contributed by atoms with Crippen LogP contribution in [0.25, 0.3) is 11.1 Å². The Balaban J connectivity index is 1.82. The lowest BCUT2D eigenvalue weighted by Gasteiger charge is -2.29. The summed E-state index contributed by atoms with van der Waals surface area (Å²) in [6, 6.07) is 18.5. The number of fused-ring (bicyclic) bond motifs is 5. The van der Waals surface area contributed by atoms with Gasteiger partial charge in [-0.05, 0) is 53.9 Å². The largest absolute Gasteiger partial charge is 0.492 e. The number of nitrogens with one attached hydrogen (secondary N) is 2. The van der Waals surface area contributed by atoms with Gasteiger partial charge in [-0.1, -0.05) is 61.5 Å². The van der Waals surface area contributed by atoms with Gasteiger partial charge >= 0.3 is 12.1 Å². The zero-order valence-electron chi connectivity index (χ0n) is 26.4. The summed E-state index contributed by atoms with van der Waals surface area (Å²) < 4.78 is 16.7. The van der Waals surface area contributed by atoms with Gasteiger partial charge in [0.2, 0.25) is 5.91 Å². The van der Waals surface area contributed by atoms with Crippen LogP contribution in [0.3, 0.4) is 0 Å². The lowest BCUT2D eigenvalue weighted by Crippen LogP contribution is -2.46. The molecule has 0 unspecified atom stereocenters. The summed E-state index contributed by atoms with van der Waals surface area (Å²) in [5, 5.41) is 5.84. The third kappa shape index (κ3) is 8.27. The van der Waals surface area contributed by atoms with E-state index in [1.165, 1.54) is 19.1 Å². The third-order valence-corrected chi connectivity index (χ3v) is 7.90. The number of likely N-dealkylation sites (N-methyl/N-ethyl adjacent to an activating group) is 2. The fourth-order valence-electron chi connectivity index (χ4n) is 5.35. The van der Waals surface area contributed by atoms with Crippen LogP contribution in [0.2, 0.25) is 0 Å². The molecule has 1 aliphatic rings. The standard InChI is InChI=1S/C35H41N3O7/c1-22-11-12-25-18-27(22)28-20-26(13-14-31(28)44-16-15-36-3)32(38(4)35(42)45-21-24-9-7-6-8-10-24)30(39)17-23(2)33(40)37-29(19-25)34(41)43-5/h6-14,18,20,23,29,32,36H,15-17,19,21H2,1-5H3,(H,37,40)/t23-,29+,32+/m1/s1. The Bertz CT molecular complexity index is 1520. The summed E-state index contributed by atoms with van der Waals surface area (Å²) >= 11 is 0. The second kappa shape index (κ2) is 15.3. The molecule has 1 heterocycles. The van der Waals surface area contributed by atoms with Gasteiger partial charge in [0.1, 0.15) is 31.0 Å². The highest BCUT2D eigenvalue weighted by atomic mass is 16.6. The topological polar surface area (TPSA) is 123 Å². The molecule has 2 amide bonds. The summed E-state index contributed by atoms with van der Waals surface area (Å²) in [5.41, 5.74) is 4.66. The molecule has 10 heteroatoms. The maximum absolute atomic E-state index is 14.0.